The molecule has 0 heterocycles. The van der Waals surface area contributed by atoms with Gasteiger partial charge in [-0.1, -0.05) is 6.08 Å². The molecule has 1 fully saturated rings. The van der Waals surface area contributed by atoms with E-state index < -0.39 is 11.5 Å². The van der Waals surface area contributed by atoms with Crippen molar-refractivity contribution in [3.05, 3.63) is 12.7 Å². The van der Waals surface area contributed by atoms with E-state index in [0.29, 0.717) is 19.4 Å². The first-order valence-corrected chi connectivity index (χ1v) is 4.81. The molecule has 0 amide bonds. The lowest BCUT2D eigenvalue weighted by Gasteiger charge is -2.27. The van der Waals surface area contributed by atoms with Gasteiger partial charge in [0, 0.05) is 11.8 Å². The van der Waals surface area contributed by atoms with Gasteiger partial charge in [0.15, 0.2) is 0 Å². The Hall–Kier alpha value is -0.420. The molecule has 14 heavy (non-hydrogen) atoms. The summed E-state index contributed by atoms with van der Waals surface area (Å²) in [6, 6.07) is 0. The molecule has 2 atom stereocenters. The summed E-state index contributed by atoms with van der Waals surface area (Å²) in [6.45, 7) is 3.55. The number of aliphatic hydroxyl groups is 3. The van der Waals surface area contributed by atoms with Gasteiger partial charge < -0.3 is 20.1 Å². The van der Waals surface area contributed by atoms with Crippen LogP contribution in [-0.4, -0.2) is 47.3 Å². The maximum absolute atomic E-state index is 9.68. The molecule has 1 aliphatic carbocycles. The van der Waals surface area contributed by atoms with Crippen LogP contribution in [-0.2, 0) is 4.74 Å². The highest BCUT2D eigenvalue weighted by Crippen LogP contribution is 2.39. The largest absolute Gasteiger partial charge is 0.396 e. The second-order valence-corrected chi connectivity index (χ2v) is 3.88. The minimum atomic E-state index is -0.786. The molecule has 4 heteroatoms. The summed E-state index contributed by atoms with van der Waals surface area (Å²) in [4.78, 5) is 0. The molecular formula is C10H18O4. The van der Waals surface area contributed by atoms with Gasteiger partial charge in [0.05, 0.1) is 32.0 Å². The van der Waals surface area contributed by atoms with Gasteiger partial charge in [0.2, 0.25) is 0 Å². The average Bonchev–Trinajstić information content (AvgIpc) is 2.53. The van der Waals surface area contributed by atoms with E-state index in [4.69, 9.17) is 14.9 Å². The number of aliphatic hydroxyl groups excluding tert-OH is 3. The Morgan fingerprint density at radius 3 is 2.50 bits per heavy atom. The predicted octanol–water partition coefficient (Wildman–Crippen LogP) is -0.317. The zero-order chi connectivity index (χ0) is 10.6. The molecule has 1 rings (SSSR count). The molecule has 0 saturated heterocycles. The summed E-state index contributed by atoms with van der Waals surface area (Å²) in [7, 11) is 0. The molecule has 0 aromatic heterocycles. The smallest absolute Gasteiger partial charge is 0.0666 e. The van der Waals surface area contributed by atoms with Crippen molar-refractivity contribution < 1.29 is 20.1 Å². The van der Waals surface area contributed by atoms with Gasteiger partial charge in [-0.05, 0) is 6.42 Å². The van der Waals surface area contributed by atoms with Crippen LogP contribution in [0.1, 0.15) is 12.8 Å². The summed E-state index contributed by atoms with van der Waals surface area (Å²) in [5.74, 6) is 0. The van der Waals surface area contributed by atoms with Crippen LogP contribution < -0.4 is 0 Å². The van der Waals surface area contributed by atoms with Gasteiger partial charge in [-0.3, -0.25) is 0 Å². The summed E-state index contributed by atoms with van der Waals surface area (Å²) >= 11 is 0. The minimum absolute atomic E-state index is 0.0951. The number of rotatable bonds is 5. The molecule has 1 aliphatic rings. The van der Waals surface area contributed by atoms with Crippen molar-refractivity contribution in [2.45, 2.75) is 25.0 Å². The van der Waals surface area contributed by atoms with Crippen molar-refractivity contribution in [3.63, 3.8) is 0 Å². The molecule has 0 radical (unpaired) electrons. The van der Waals surface area contributed by atoms with Crippen molar-refractivity contribution in [3.8, 4) is 0 Å². The Morgan fingerprint density at radius 1 is 1.43 bits per heavy atom. The third-order valence-corrected chi connectivity index (χ3v) is 2.91. The Kier molecular flexibility index (Phi) is 4.07. The van der Waals surface area contributed by atoms with E-state index in [1.54, 1.807) is 6.08 Å². The molecular weight excluding hydrogens is 184 g/mol. The van der Waals surface area contributed by atoms with Crippen molar-refractivity contribution in [1.82, 2.24) is 0 Å². The first kappa shape index (κ1) is 11.7. The highest BCUT2D eigenvalue weighted by molar-refractivity contribution is 4.96. The zero-order valence-corrected chi connectivity index (χ0v) is 8.22. The molecule has 3 N–H and O–H groups in total. The Labute approximate surface area is 83.8 Å². The highest BCUT2D eigenvalue weighted by Gasteiger charge is 2.46. The van der Waals surface area contributed by atoms with Crippen LogP contribution in [0.15, 0.2) is 12.7 Å². The fourth-order valence-electron chi connectivity index (χ4n) is 1.89. The molecule has 0 unspecified atom stereocenters. The fourth-order valence-corrected chi connectivity index (χ4v) is 1.89. The van der Waals surface area contributed by atoms with Crippen LogP contribution in [0.5, 0.6) is 0 Å². The molecule has 0 spiro atoms. The van der Waals surface area contributed by atoms with E-state index in [0.717, 1.165) is 0 Å². The minimum Gasteiger partial charge on any atom is -0.396 e. The number of hydrogen-bond acceptors (Lipinski definition) is 4. The van der Waals surface area contributed by atoms with Crippen molar-refractivity contribution >= 4 is 0 Å². The summed E-state index contributed by atoms with van der Waals surface area (Å²) < 4.78 is 5.38. The molecule has 0 bridgehead atoms. The maximum Gasteiger partial charge on any atom is 0.0666 e. The lowest BCUT2D eigenvalue weighted by atomic mass is 9.86. The lowest BCUT2D eigenvalue weighted by Crippen LogP contribution is -2.37. The standard InChI is InChI=1S/C10H18O4/c1-2-3-14-8-4-9(13)10(5-8,6-11)7-12/h2,8-9,11-13H,1,3-7H2/t8-,9-/m0/s1. The van der Waals surface area contributed by atoms with Crippen LogP contribution in [0, 0.1) is 5.41 Å². The van der Waals surface area contributed by atoms with Gasteiger partial charge in [-0.15, -0.1) is 6.58 Å². The van der Waals surface area contributed by atoms with Gasteiger partial charge in [-0.2, -0.15) is 0 Å². The third kappa shape index (κ3) is 2.15. The maximum atomic E-state index is 9.68. The van der Waals surface area contributed by atoms with Crippen LogP contribution in [0.3, 0.4) is 0 Å². The molecule has 0 aliphatic heterocycles. The summed E-state index contributed by atoms with van der Waals surface area (Å²) in [6.07, 6.45) is 1.82. The SMILES string of the molecule is C=CCO[C@H]1C[C@H](O)C(CO)(CO)C1. The highest BCUT2D eigenvalue weighted by atomic mass is 16.5. The van der Waals surface area contributed by atoms with Gasteiger partial charge in [0.25, 0.3) is 0 Å². The number of hydrogen-bond donors (Lipinski definition) is 3. The number of ether oxygens (including phenoxy) is 1. The average molecular weight is 202 g/mol. The van der Waals surface area contributed by atoms with Crippen molar-refractivity contribution in [2.24, 2.45) is 5.41 Å². The van der Waals surface area contributed by atoms with E-state index in [1.807, 2.05) is 0 Å². The second kappa shape index (κ2) is 4.89. The van der Waals surface area contributed by atoms with E-state index in [2.05, 4.69) is 6.58 Å². The van der Waals surface area contributed by atoms with Gasteiger partial charge in [-0.25, -0.2) is 0 Å². The molecule has 1 saturated carbocycles. The molecule has 0 aromatic rings. The zero-order valence-electron chi connectivity index (χ0n) is 8.22. The van der Waals surface area contributed by atoms with E-state index >= 15 is 0 Å². The first-order valence-electron chi connectivity index (χ1n) is 4.81. The quantitative estimate of drug-likeness (QED) is 0.535. The van der Waals surface area contributed by atoms with Crippen LogP contribution in [0.2, 0.25) is 0 Å². The fraction of sp³-hybridized carbons (Fsp3) is 0.800. The van der Waals surface area contributed by atoms with Crippen molar-refractivity contribution in [2.75, 3.05) is 19.8 Å². The first-order chi connectivity index (χ1) is 6.68. The van der Waals surface area contributed by atoms with Crippen LogP contribution in [0.25, 0.3) is 0 Å². The Balaban J connectivity index is 2.53. The van der Waals surface area contributed by atoms with Gasteiger partial charge >= 0.3 is 0 Å². The second-order valence-electron chi connectivity index (χ2n) is 3.88. The van der Waals surface area contributed by atoms with E-state index in [1.165, 1.54) is 0 Å². The summed E-state index contributed by atoms with van der Waals surface area (Å²) in [5.41, 5.74) is -0.786. The normalized spacial score (nSPS) is 30.5. The van der Waals surface area contributed by atoms with Crippen LogP contribution >= 0.6 is 0 Å². The van der Waals surface area contributed by atoms with E-state index in [9.17, 15) is 5.11 Å². The Bertz CT molecular complexity index is 189. The van der Waals surface area contributed by atoms with Crippen LogP contribution in [0.4, 0.5) is 0 Å². The molecule has 4 nitrogen and oxygen atoms in total. The topological polar surface area (TPSA) is 69.9 Å². The van der Waals surface area contributed by atoms with E-state index in [-0.39, 0.29) is 19.3 Å². The summed E-state index contributed by atoms with van der Waals surface area (Å²) in [5, 5.41) is 28.0. The predicted molar refractivity (Wildman–Crippen MR) is 51.8 cm³/mol. The molecule has 0 aromatic carbocycles. The lowest BCUT2D eigenvalue weighted by molar-refractivity contribution is -0.0329. The third-order valence-electron chi connectivity index (χ3n) is 2.91. The molecule has 82 valence electrons. The van der Waals surface area contributed by atoms with Gasteiger partial charge in [0.1, 0.15) is 0 Å². The van der Waals surface area contributed by atoms with Crippen molar-refractivity contribution in [1.29, 1.82) is 0 Å². The Morgan fingerprint density at radius 2 is 2.07 bits per heavy atom. The monoisotopic (exact) mass is 202 g/mol.